The fourth-order valence-electron chi connectivity index (χ4n) is 2.11. The number of hydrogen-bond acceptors (Lipinski definition) is 2. The smallest absolute Gasteiger partial charge is 0.113 e. The Hall–Kier alpha value is -1.87. The summed E-state index contributed by atoms with van der Waals surface area (Å²) in [7, 11) is 0. The average Bonchev–Trinajstić information content (AvgIpc) is 2.72. The van der Waals surface area contributed by atoms with Crippen LogP contribution in [0.25, 0.3) is 11.0 Å². The van der Waals surface area contributed by atoms with E-state index in [0.717, 1.165) is 27.2 Å². The third-order valence-corrected chi connectivity index (χ3v) is 3.07. The lowest BCUT2D eigenvalue weighted by molar-refractivity contribution is 0.669. The van der Waals surface area contributed by atoms with Gasteiger partial charge in [-0.3, -0.25) is 0 Å². The first-order valence-electron chi connectivity index (χ1n) is 5.77. The molecular weight excluding hydrogens is 246 g/mol. The Morgan fingerprint density at radius 2 is 2.00 bits per heavy atom. The van der Waals surface area contributed by atoms with Crippen LogP contribution in [0.3, 0.4) is 0 Å². The van der Waals surface area contributed by atoms with Crippen LogP contribution in [0.2, 0.25) is 5.02 Å². The zero-order valence-corrected chi connectivity index (χ0v) is 10.7. The number of aryl methyl sites for hydroxylation is 1. The van der Waals surface area contributed by atoms with E-state index < -0.39 is 0 Å². The predicted octanol–water partition coefficient (Wildman–Crippen LogP) is 3.44. The first kappa shape index (κ1) is 11.2. The van der Waals surface area contributed by atoms with Gasteiger partial charge in [-0.05, 0) is 42.3 Å². The highest BCUT2D eigenvalue weighted by Crippen LogP contribution is 2.17. The molecule has 0 saturated carbocycles. The van der Waals surface area contributed by atoms with Crippen molar-refractivity contribution in [1.82, 2.24) is 15.0 Å². The molecule has 0 N–H and O–H groups in total. The summed E-state index contributed by atoms with van der Waals surface area (Å²) in [6, 6.07) is 14.0. The maximum Gasteiger partial charge on any atom is 0.113 e. The van der Waals surface area contributed by atoms with Crippen LogP contribution in [0.4, 0.5) is 0 Å². The third kappa shape index (κ3) is 2.09. The fourth-order valence-corrected chi connectivity index (χ4v) is 2.42. The average molecular weight is 258 g/mol. The number of halogens is 1. The van der Waals surface area contributed by atoms with E-state index in [-0.39, 0.29) is 0 Å². The van der Waals surface area contributed by atoms with Gasteiger partial charge in [-0.2, -0.15) is 0 Å². The Balaban J connectivity index is 2.01. The van der Waals surface area contributed by atoms with Crippen molar-refractivity contribution in [2.75, 3.05) is 0 Å². The molecule has 0 spiro atoms. The molecule has 0 aliphatic carbocycles. The van der Waals surface area contributed by atoms with Crippen molar-refractivity contribution in [1.29, 1.82) is 0 Å². The van der Waals surface area contributed by atoms with Crippen LogP contribution in [-0.4, -0.2) is 15.0 Å². The van der Waals surface area contributed by atoms with Crippen molar-refractivity contribution in [2.45, 2.75) is 13.5 Å². The Morgan fingerprint density at radius 1 is 1.17 bits per heavy atom. The van der Waals surface area contributed by atoms with Crippen molar-refractivity contribution in [3.05, 3.63) is 58.6 Å². The lowest BCUT2D eigenvalue weighted by Gasteiger charge is -2.05. The van der Waals surface area contributed by atoms with Crippen molar-refractivity contribution in [3.8, 4) is 0 Å². The number of hydrogen-bond donors (Lipinski definition) is 0. The van der Waals surface area contributed by atoms with Crippen molar-refractivity contribution in [3.63, 3.8) is 0 Å². The zero-order valence-electron chi connectivity index (χ0n) is 9.97. The van der Waals surface area contributed by atoms with E-state index in [1.54, 1.807) is 0 Å². The minimum Gasteiger partial charge on any atom is -0.240 e. The van der Waals surface area contributed by atoms with Gasteiger partial charge in [-0.25, -0.2) is 4.68 Å². The normalized spacial score (nSPS) is 11.0. The molecule has 90 valence electrons. The lowest BCUT2D eigenvalue weighted by atomic mass is 10.1. The highest BCUT2D eigenvalue weighted by atomic mass is 35.5. The molecule has 0 atom stereocenters. The zero-order chi connectivity index (χ0) is 12.5. The van der Waals surface area contributed by atoms with Crippen LogP contribution in [0.5, 0.6) is 0 Å². The van der Waals surface area contributed by atoms with Gasteiger partial charge in [0, 0.05) is 5.02 Å². The molecule has 0 unspecified atom stereocenters. The van der Waals surface area contributed by atoms with E-state index in [9.17, 15) is 0 Å². The largest absolute Gasteiger partial charge is 0.240 e. The molecule has 0 radical (unpaired) electrons. The topological polar surface area (TPSA) is 30.7 Å². The van der Waals surface area contributed by atoms with Gasteiger partial charge in [0.05, 0.1) is 12.1 Å². The second kappa shape index (κ2) is 4.42. The van der Waals surface area contributed by atoms with Crippen LogP contribution < -0.4 is 0 Å². The van der Waals surface area contributed by atoms with Crippen molar-refractivity contribution >= 4 is 22.6 Å². The monoisotopic (exact) mass is 257 g/mol. The van der Waals surface area contributed by atoms with Gasteiger partial charge in [0.15, 0.2) is 0 Å². The van der Waals surface area contributed by atoms with Gasteiger partial charge in [-0.1, -0.05) is 35.0 Å². The number of aromatic nitrogens is 3. The number of para-hydroxylation sites is 1. The van der Waals surface area contributed by atoms with Crippen molar-refractivity contribution < 1.29 is 0 Å². The van der Waals surface area contributed by atoms with Crippen LogP contribution in [-0.2, 0) is 6.54 Å². The highest BCUT2D eigenvalue weighted by Gasteiger charge is 2.05. The summed E-state index contributed by atoms with van der Waals surface area (Å²) in [6.45, 7) is 2.72. The van der Waals surface area contributed by atoms with E-state index in [1.165, 1.54) is 0 Å². The molecule has 3 aromatic rings. The predicted molar refractivity (Wildman–Crippen MR) is 72.8 cm³/mol. The molecule has 0 saturated heterocycles. The van der Waals surface area contributed by atoms with Gasteiger partial charge in [0.2, 0.25) is 0 Å². The number of fused-ring (bicyclic) bond motifs is 1. The summed E-state index contributed by atoms with van der Waals surface area (Å²) >= 11 is 6.06. The Kier molecular flexibility index (Phi) is 2.76. The van der Waals surface area contributed by atoms with Crippen molar-refractivity contribution in [2.24, 2.45) is 0 Å². The van der Waals surface area contributed by atoms with Crippen LogP contribution in [0.15, 0.2) is 42.5 Å². The van der Waals surface area contributed by atoms with E-state index in [2.05, 4.69) is 16.4 Å². The first-order chi connectivity index (χ1) is 8.72. The standard InChI is InChI=1S/C14H12ClN3/c1-10-6-11(8-12(15)7-10)9-18-14-5-3-2-4-13(14)16-17-18/h2-8H,9H2,1H3. The molecule has 2 aromatic carbocycles. The number of benzene rings is 2. The minimum atomic E-state index is 0.682. The molecule has 18 heavy (non-hydrogen) atoms. The van der Waals surface area contributed by atoms with Gasteiger partial charge in [0.1, 0.15) is 5.52 Å². The van der Waals surface area contributed by atoms with Crippen LogP contribution in [0, 0.1) is 6.92 Å². The summed E-state index contributed by atoms with van der Waals surface area (Å²) in [6.07, 6.45) is 0. The van der Waals surface area contributed by atoms with E-state index in [4.69, 9.17) is 11.6 Å². The van der Waals surface area contributed by atoms with E-state index >= 15 is 0 Å². The second-order valence-electron chi connectivity index (χ2n) is 4.37. The minimum absolute atomic E-state index is 0.682. The fraction of sp³-hybridized carbons (Fsp3) is 0.143. The van der Waals surface area contributed by atoms with Gasteiger partial charge in [-0.15, -0.1) is 5.10 Å². The number of rotatable bonds is 2. The SMILES string of the molecule is Cc1cc(Cl)cc(Cn2nnc3ccccc32)c1. The maximum atomic E-state index is 6.06. The quantitative estimate of drug-likeness (QED) is 0.704. The highest BCUT2D eigenvalue weighted by molar-refractivity contribution is 6.30. The molecule has 1 aromatic heterocycles. The molecule has 0 bridgehead atoms. The first-order valence-corrected chi connectivity index (χ1v) is 6.14. The maximum absolute atomic E-state index is 6.06. The van der Waals surface area contributed by atoms with E-state index in [0.29, 0.717) is 6.54 Å². The number of nitrogens with zero attached hydrogens (tertiary/aromatic N) is 3. The molecule has 0 fully saturated rings. The Labute approximate surface area is 110 Å². The summed E-state index contributed by atoms with van der Waals surface area (Å²) in [4.78, 5) is 0. The van der Waals surface area contributed by atoms with Gasteiger partial charge in [0.25, 0.3) is 0 Å². The Bertz CT molecular complexity index is 683. The van der Waals surface area contributed by atoms with Crippen LogP contribution >= 0.6 is 11.6 Å². The summed E-state index contributed by atoms with van der Waals surface area (Å²) in [5, 5.41) is 9.07. The molecule has 0 aliphatic heterocycles. The molecule has 3 nitrogen and oxygen atoms in total. The molecule has 4 heteroatoms. The summed E-state index contributed by atoms with van der Waals surface area (Å²) in [5.74, 6) is 0. The van der Waals surface area contributed by atoms with E-state index in [1.807, 2.05) is 48.0 Å². The summed E-state index contributed by atoms with van der Waals surface area (Å²) < 4.78 is 1.89. The van der Waals surface area contributed by atoms with Gasteiger partial charge >= 0.3 is 0 Å². The summed E-state index contributed by atoms with van der Waals surface area (Å²) in [5.41, 5.74) is 4.24. The molecular formula is C14H12ClN3. The lowest BCUT2D eigenvalue weighted by Crippen LogP contribution is -2.02. The molecule has 0 aliphatic rings. The second-order valence-corrected chi connectivity index (χ2v) is 4.81. The molecule has 1 heterocycles. The molecule has 3 rings (SSSR count). The van der Waals surface area contributed by atoms with Crippen LogP contribution in [0.1, 0.15) is 11.1 Å². The molecule has 0 amide bonds. The third-order valence-electron chi connectivity index (χ3n) is 2.85. The van der Waals surface area contributed by atoms with Gasteiger partial charge < -0.3 is 0 Å². The Morgan fingerprint density at radius 3 is 2.83 bits per heavy atom.